The molecule has 0 unspecified atom stereocenters. The lowest BCUT2D eigenvalue weighted by Gasteiger charge is -2.36. The first-order valence-electron chi connectivity index (χ1n) is 10.7. The Morgan fingerprint density at radius 1 is 1.28 bits per heavy atom. The lowest BCUT2D eigenvalue weighted by molar-refractivity contribution is 0.0160. The van der Waals surface area contributed by atoms with Gasteiger partial charge in [0.25, 0.3) is 5.91 Å². The number of likely N-dealkylation sites (tertiary alicyclic amines) is 1. The molecule has 2 heterocycles. The summed E-state index contributed by atoms with van der Waals surface area (Å²) in [5.41, 5.74) is 6.09. The van der Waals surface area contributed by atoms with Crippen molar-refractivity contribution in [2.45, 2.75) is 51.7 Å². The van der Waals surface area contributed by atoms with Crippen LogP contribution in [0, 0.1) is 17.2 Å². The minimum absolute atomic E-state index is 0.124. The van der Waals surface area contributed by atoms with Crippen LogP contribution in [0.5, 0.6) is 0 Å². The van der Waals surface area contributed by atoms with E-state index in [9.17, 15) is 14.9 Å². The molecule has 32 heavy (non-hydrogen) atoms. The molecule has 1 aliphatic rings. The van der Waals surface area contributed by atoms with Crippen molar-refractivity contribution < 1.29 is 14.3 Å². The Labute approximate surface area is 188 Å². The van der Waals surface area contributed by atoms with Crippen LogP contribution in [0.25, 0.3) is 0 Å². The van der Waals surface area contributed by atoms with Gasteiger partial charge in [-0.1, -0.05) is 18.2 Å². The van der Waals surface area contributed by atoms with Gasteiger partial charge in [0.2, 0.25) is 0 Å². The summed E-state index contributed by atoms with van der Waals surface area (Å²) in [5.74, 6) is -0.110. The van der Waals surface area contributed by atoms with Crippen LogP contribution >= 0.6 is 0 Å². The van der Waals surface area contributed by atoms with Gasteiger partial charge in [-0.25, -0.2) is 4.79 Å². The molecule has 9 heteroatoms. The first kappa shape index (κ1) is 23.1. The number of ether oxygens (including phenoxy) is 1. The summed E-state index contributed by atoms with van der Waals surface area (Å²) >= 11 is 0. The Hall–Kier alpha value is -3.54. The molecule has 9 nitrogen and oxygen atoms in total. The highest BCUT2D eigenvalue weighted by atomic mass is 16.6. The number of nitrogens with two attached hydrogens (primary N) is 1. The molecule has 0 bridgehead atoms. The van der Waals surface area contributed by atoms with E-state index in [1.807, 2.05) is 51.1 Å². The Kier molecular flexibility index (Phi) is 7.03. The van der Waals surface area contributed by atoms with Gasteiger partial charge in [0.1, 0.15) is 11.2 Å². The van der Waals surface area contributed by atoms with E-state index in [4.69, 9.17) is 10.5 Å². The largest absolute Gasteiger partial charge is 0.444 e. The predicted molar refractivity (Wildman–Crippen MR) is 120 cm³/mol. The van der Waals surface area contributed by atoms with E-state index in [1.54, 1.807) is 15.8 Å². The second-order valence-electron chi connectivity index (χ2n) is 8.96. The number of para-hydroxylation sites is 1. The maximum atomic E-state index is 12.4. The normalized spacial score (nSPS) is 15.6. The fourth-order valence-corrected chi connectivity index (χ4v) is 3.86. The van der Waals surface area contributed by atoms with Gasteiger partial charge in [-0.2, -0.15) is 10.4 Å². The summed E-state index contributed by atoms with van der Waals surface area (Å²) < 4.78 is 7.13. The Morgan fingerprint density at radius 2 is 1.94 bits per heavy atom. The van der Waals surface area contributed by atoms with Crippen LogP contribution in [0.15, 0.2) is 36.5 Å². The third-order valence-corrected chi connectivity index (χ3v) is 5.41. The van der Waals surface area contributed by atoms with Gasteiger partial charge in [-0.05, 0) is 51.7 Å². The number of piperidine rings is 1. The summed E-state index contributed by atoms with van der Waals surface area (Å²) in [5, 5.41) is 17.1. The number of primary amides is 1. The first-order valence-corrected chi connectivity index (χ1v) is 10.7. The van der Waals surface area contributed by atoms with Gasteiger partial charge < -0.3 is 20.7 Å². The predicted octanol–water partition coefficient (Wildman–Crippen LogP) is 3.83. The van der Waals surface area contributed by atoms with Gasteiger partial charge in [-0.3, -0.25) is 9.48 Å². The maximum Gasteiger partial charge on any atom is 0.410 e. The first-order chi connectivity index (χ1) is 15.2. The molecule has 0 radical (unpaired) electrons. The highest BCUT2D eigenvalue weighted by Crippen LogP contribution is 2.33. The summed E-state index contributed by atoms with van der Waals surface area (Å²) in [4.78, 5) is 26.1. The van der Waals surface area contributed by atoms with E-state index in [1.165, 1.54) is 0 Å². The van der Waals surface area contributed by atoms with Crippen LogP contribution in [0.3, 0.4) is 0 Å². The number of rotatable bonds is 6. The number of carbonyl (C=O) groups excluding carboxylic acids is 2. The van der Waals surface area contributed by atoms with Gasteiger partial charge in [0.05, 0.1) is 18.5 Å². The molecule has 1 atom stereocenters. The fourth-order valence-electron chi connectivity index (χ4n) is 3.86. The molecular weight excluding hydrogens is 408 g/mol. The molecular formula is C23H30N6O3. The van der Waals surface area contributed by atoms with Gasteiger partial charge in [0.15, 0.2) is 5.82 Å². The summed E-state index contributed by atoms with van der Waals surface area (Å²) in [6, 6.07) is 11.4. The Balaban J connectivity index is 1.76. The number of amides is 2. The Morgan fingerprint density at radius 3 is 2.50 bits per heavy atom. The summed E-state index contributed by atoms with van der Waals surface area (Å²) in [7, 11) is 0. The van der Waals surface area contributed by atoms with Crippen molar-refractivity contribution in [3.8, 4) is 6.07 Å². The van der Waals surface area contributed by atoms with Crippen LogP contribution in [0.1, 0.15) is 56.4 Å². The van der Waals surface area contributed by atoms with Crippen molar-refractivity contribution >= 4 is 23.5 Å². The molecule has 0 aliphatic carbocycles. The number of nitriles is 1. The zero-order chi connectivity index (χ0) is 23.3. The molecule has 0 saturated carbocycles. The molecule has 3 rings (SSSR count). The summed E-state index contributed by atoms with van der Waals surface area (Å²) in [6.07, 6.45) is 2.94. The topological polar surface area (TPSA) is 126 Å². The number of nitrogens with one attached hydrogen (secondary N) is 1. The van der Waals surface area contributed by atoms with Gasteiger partial charge >= 0.3 is 6.09 Å². The smallest absolute Gasteiger partial charge is 0.410 e. The average Bonchev–Trinajstić information content (AvgIpc) is 3.15. The monoisotopic (exact) mass is 438 g/mol. The van der Waals surface area contributed by atoms with Crippen LogP contribution in [-0.4, -0.2) is 45.4 Å². The number of benzene rings is 1. The van der Waals surface area contributed by atoms with E-state index in [0.29, 0.717) is 31.7 Å². The summed E-state index contributed by atoms with van der Waals surface area (Å²) in [6.45, 7) is 6.61. The van der Waals surface area contributed by atoms with E-state index in [2.05, 4.69) is 16.5 Å². The highest BCUT2D eigenvalue weighted by Gasteiger charge is 2.32. The Bertz CT molecular complexity index is 981. The standard InChI is InChI=1S/C23H30N6O3/c1-23(2,3)32-22(31)28-13-10-16(11-14-28)19(9-12-24)29-15-18(20(25)30)21(27-29)26-17-7-5-4-6-8-17/h4-8,15-16,19H,9-11,13-14H2,1-3H3,(H2,25,30)(H,26,27)/t19-/m0/s1. The molecule has 1 aromatic carbocycles. The molecule has 1 saturated heterocycles. The lowest BCUT2D eigenvalue weighted by atomic mass is 9.88. The highest BCUT2D eigenvalue weighted by molar-refractivity contribution is 5.98. The van der Waals surface area contributed by atoms with Crippen molar-refractivity contribution in [1.82, 2.24) is 14.7 Å². The van der Waals surface area contributed by atoms with Crippen molar-refractivity contribution in [3.63, 3.8) is 0 Å². The third kappa shape index (κ3) is 5.78. The van der Waals surface area contributed by atoms with Crippen molar-refractivity contribution in [1.29, 1.82) is 5.26 Å². The van der Waals surface area contributed by atoms with Crippen LogP contribution < -0.4 is 11.1 Å². The van der Waals surface area contributed by atoms with Crippen LogP contribution in [0.2, 0.25) is 0 Å². The minimum atomic E-state index is -0.592. The van der Waals surface area contributed by atoms with Crippen molar-refractivity contribution in [2.24, 2.45) is 11.7 Å². The molecule has 1 aliphatic heterocycles. The number of carbonyl (C=O) groups is 2. The molecule has 1 aromatic heterocycles. The van der Waals surface area contributed by atoms with E-state index < -0.39 is 11.5 Å². The third-order valence-electron chi connectivity index (χ3n) is 5.41. The van der Waals surface area contributed by atoms with E-state index >= 15 is 0 Å². The van der Waals surface area contributed by atoms with Crippen molar-refractivity contribution in [2.75, 3.05) is 18.4 Å². The molecule has 2 amide bonds. The fraction of sp³-hybridized carbons (Fsp3) is 0.478. The number of anilines is 2. The zero-order valence-electron chi connectivity index (χ0n) is 18.7. The zero-order valence-corrected chi connectivity index (χ0v) is 18.7. The number of aromatic nitrogens is 2. The second-order valence-corrected chi connectivity index (χ2v) is 8.96. The maximum absolute atomic E-state index is 12.4. The second kappa shape index (κ2) is 9.73. The van der Waals surface area contributed by atoms with E-state index in [-0.39, 0.29) is 30.0 Å². The SMILES string of the molecule is CC(C)(C)OC(=O)N1CCC([C@H](CC#N)n2cc(C(N)=O)c(Nc3ccccc3)n2)CC1. The molecule has 3 N–H and O–H groups in total. The number of hydrogen-bond acceptors (Lipinski definition) is 6. The van der Waals surface area contributed by atoms with Crippen LogP contribution in [0.4, 0.5) is 16.3 Å². The molecule has 2 aromatic rings. The quantitative estimate of drug-likeness (QED) is 0.706. The average molecular weight is 439 g/mol. The molecule has 1 fully saturated rings. The van der Waals surface area contributed by atoms with Crippen molar-refractivity contribution in [3.05, 3.63) is 42.1 Å². The number of hydrogen-bond donors (Lipinski definition) is 2. The lowest BCUT2D eigenvalue weighted by Crippen LogP contribution is -2.43. The van der Waals surface area contributed by atoms with Gasteiger partial charge in [-0.15, -0.1) is 0 Å². The van der Waals surface area contributed by atoms with E-state index in [0.717, 1.165) is 5.69 Å². The number of nitrogens with zero attached hydrogens (tertiary/aromatic N) is 4. The molecule has 0 spiro atoms. The van der Waals surface area contributed by atoms with Gasteiger partial charge in [0, 0.05) is 25.0 Å². The van der Waals surface area contributed by atoms with Crippen LogP contribution in [-0.2, 0) is 4.74 Å². The molecule has 170 valence electrons. The minimum Gasteiger partial charge on any atom is -0.444 e.